The van der Waals surface area contributed by atoms with E-state index < -0.39 is 0 Å². The molecule has 0 bridgehead atoms. The summed E-state index contributed by atoms with van der Waals surface area (Å²) in [6, 6.07) is 0. The fourth-order valence-corrected chi connectivity index (χ4v) is 2.37. The largest absolute Gasteiger partial charge is 0.297 e. The fraction of sp³-hybridized carbons (Fsp3) is 0.462. The Hall–Kier alpha value is -2.51. The average Bonchev–Trinajstić information content (AvgIpc) is 2.95. The van der Waals surface area contributed by atoms with Gasteiger partial charge in [-0.15, -0.1) is 0 Å². The Balaban J connectivity index is 1.75. The summed E-state index contributed by atoms with van der Waals surface area (Å²) >= 11 is 0. The zero-order valence-corrected chi connectivity index (χ0v) is 12.3. The van der Waals surface area contributed by atoms with Crippen molar-refractivity contribution in [2.45, 2.75) is 33.4 Å². The molecule has 0 aromatic carbocycles. The van der Waals surface area contributed by atoms with Gasteiger partial charge < -0.3 is 0 Å². The maximum absolute atomic E-state index is 12.3. The van der Waals surface area contributed by atoms with Gasteiger partial charge in [-0.1, -0.05) is 0 Å². The Kier molecular flexibility index (Phi) is 3.28. The van der Waals surface area contributed by atoms with Crippen LogP contribution in [0.1, 0.15) is 18.1 Å². The topological polar surface area (TPSA) is 83.4 Å². The van der Waals surface area contributed by atoms with Crippen molar-refractivity contribution in [2.24, 2.45) is 7.05 Å². The summed E-state index contributed by atoms with van der Waals surface area (Å²) in [5, 5.41) is 8.45. The lowest BCUT2D eigenvalue weighted by atomic mass is 10.4. The third-order valence-electron chi connectivity index (χ3n) is 3.34. The molecule has 0 fully saturated rings. The molecule has 0 aliphatic carbocycles. The highest BCUT2D eigenvalue weighted by molar-refractivity contribution is 5.71. The van der Waals surface area contributed by atoms with Gasteiger partial charge in [0.25, 0.3) is 5.56 Å². The molecule has 0 aliphatic rings. The monoisotopic (exact) mass is 287 g/mol. The third kappa shape index (κ3) is 2.56. The molecule has 0 amide bonds. The van der Waals surface area contributed by atoms with Gasteiger partial charge in [0.05, 0.1) is 12.5 Å². The van der Waals surface area contributed by atoms with E-state index in [4.69, 9.17) is 0 Å². The molecule has 0 aliphatic heterocycles. The smallest absolute Gasteiger partial charge is 0.281 e. The quantitative estimate of drug-likeness (QED) is 0.695. The van der Waals surface area contributed by atoms with Crippen molar-refractivity contribution in [1.29, 1.82) is 0 Å². The van der Waals surface area contributed by atoms with Crippen molar-refractivity contribution >= 4 is 11.0 Å². The molecule has 3 aromatic rings. The number of aromatic nitrogens is 7. The standard InChI is InChI=1S/C13H17N7O/c1-9-15-10(2)20(16-9)6-4-5-19-8-14-11-7-18(3)17-12(11)13(19)21/h7-8H,4-6H2,1-3H3. The van der Waals surface area contributed by atoms with Crippen molar-refractivity contribution in [2.75, 3.05) is 0 Å². The van der Waals surface area contributed by atoms with Crippen LogP contribution in [-0.4, -0.2) is 34.1 Å². The van der Waals surface area contributed by atoms with Gasteiger partial charge in [-0.05, 0) is 20.3 Å². The van der Waals surface area contributed by atoms with Crippen LogP contribution in [0.2, 0.25) is 0 Å². The summed E-state index contributed by atoms with van der Waals surface area (Å²) < 4.78 is 5.05. The Morgan fingerprint density at radius 1 is 1.19 bits per heavy atom. The molecule has 0 N–H and O–H groups in total. The van der Waals surface area contributed by atoms with Crippen molar-refractivity contribution in [1.82, 2.24) is 34.1 Å². The fourth-order valence-electron chi connectivity index (χ4n) is 2.37. The molecule has 21 heavy (non-hydrogen) atoms. The molecule has 3 aromatic heterocycles. The predicted octanol–water partition coefficient (Wildman–Crippen LogP) is 0.429. The Morgan fingerprint density at radius 3 is 2.71 bits per heavy atom. The van der Waals surface area contributed by atoms with E-state index in [-0.39, 0.29) is 5.56 Å². The lowest BCUT2D eigenvalue weighted by Gasteiger charge is -2.05. The highest BCUT2D eigenvalue weighted by Gasteiger charge is 2.08. The predicted molar refractivity (Wildman–Crippen MR) is 76.9 cm³/mol. The molecule has 8 heteroatoms. The van der Waals surface area contributed by atoms with Crippen LogP contribution in [0.5, 0.6) is 0 Å². The first-order chi connectivity index (χ1) is 10.0. The molecule has 0 saturated carbocycles. The van der Waals surface area contributed by atoms with Crippen LogP contribution in [0.25, 0.3) is 11.0 Å². The lowest BCUT2D eigenvalue weighted by molar-refractivity contribution is 0.507. The number of nitrogens with zero attached hydrogens (tertiary/aromatic N) is 7. The van der Waals surface area contributed by atoms with Crippen LogP contribution in [0.15, 0.2) is 17.3 Å². The lowest BCUT2D eigenvalue weighted by Crippen LogP contribution is -2.21. The van der Waals surface area contributed by atoms with E-state index >= 15 is 0 Å². The molecule has 110 valence electrons. The molecule has 8 nitrogen and oxygen atoms in total. The molecular formula is C13H17N7O. The highest BCUT2D eigenvalue weighted by Crippen LogP contribution is 2.03. The zero-order valence-electron chi connectivity index (χ0n) is 12.3. The first kappa shape index (κ1) is 13.5. The Morgan fingerprint density at radius 2 is 2.00 bits per heavy atom. The minimum atomic E-state index is -0.105. The maximum Gasteiger partial charge on any atom is 0.281 e. The zero-order chi connectivity index (χ0) is 15.0. The number of hydrogen-bond donors (Lipinski definition) is 0. The average molecular weight is 287 g/mol. The van der Waals surface area contributed by atoms with Gasteiger partial charge in [-0.25, -0.2) is 9.97 Å². The number of rotatable bonds is 4. The summed E-state index contributed by atoms with van der Waals surface area (Å²) in [7, 11) is 1.78. The van der Waals surface area contributed by atoms with Crippen LogP contribution in [0.3, 0.4) is 0 Å². The summed E-state index contributed by atoms with van der Waals surface area (Å²) in [5.74, 6) is 1.65. The van der Waals surface area contributed by atoms with Crippen LogP contribution in [-0.2, 0) is 20.1 Å². The maximum atomic E-state index is 12.3. The minimum Gasteiger partial charge on any atom is -0.297 e. The second-order valence-electron chi connectivity index (χ2n) is 5.06. The van der Waals surface area contributed by atoms with Gasteiger partial charge in [0.2, 0.25) is 0 Å². The van der Waals surface area contributed by atoms with Gasteiger partial charge in [-0.2, -0.15) is 10.2 Å². The molecule has 0 radical (unpaired) electrons. The molecule has 0 unspecified atom stereocenters. The SMILES string of the molecule is Cc1nc(C)n(CCCn2cnc3cn(C)nc3c2=O)n1. The van der Waals surface area contributed by atoms with Gasteiger partial charge in [0.15, 0.2) is 5.52 Å². The molecule has 3 heterocycles. The van der Waals surface area contributed by atoms with Crippen LogP contribution in [0, 0.1) is 13.8 Å². The van der Waals surface area contributed by atoms with Gasteiger partial charge in [0.1, 0.15) is 17.2 Å². The Bertz CT molecular complexity index is 842. The summed E-state index contributed by atoms with van der Waals surface area (Å²) in [6.45, 7) is 5.09. The third-order valence-corrected chi connectivity index (χ3v) is 3.34. The van der Waals surface area contributed by atoms with Crippen molar-refractivity contribution < 1.29 is 0 Å². The van der Waals surface area contributed by atoms with Crippen LogP contribution < -0.4 is 5.56 Å². The normalized spacial score (nSPS) is 11.4. The van der Waals surface area contributed by atoms with E-state index in [1.54, 1.807) is 28.8 Å². The van der Waals surface area contributed by atoms with E-state index in [1.807, 2.05) is 18.5 Å². The molecule has 0 saturated heterocycles. The van der Waals surface area contributed by atoms with Gasteiger partial charge in [-0.3, -0.25) is 18.7 Å². The molecule has 3 rings (SSSR count). The molecular weight excluding hydrogens is 270 g/mol. The van der Waals surface area contributed by atoms with E-state index in [9.17, 15) is 4.79 Å². The second kappa shape index (κ2) is 5.12. The van der Waals surface area contributed by atoms with Crippen molar-refractivity contribution in [3.63, 3.8) is 0 Å². The van der Waals surface area contributed by atoms with Crippen molar-refractivity contribution in [3.8, 4) is 0 Å². The first-order valence-corrected chi connectivity index (χ1v) is 6.81. The van der Waals surface area contributed by atoms with Crippen LogP contribution in [0.4, 0.5) is 0 Å². The summed E-state index contributed by atoms with van der Waals surface area (Å²) in [4.78, 5) is 20.8. The van der Waals surface area contributed by atoms with Crippen molar-refractivity contribution in [3.05, 3.63) is 34.5 Å². The highest BCUT2D eigenvalue weighted by atomic mass is 16.1. The minimum absolute atomic E-state index is 0.105. The van der Waals surface area contributed by atoms with Crippen LogP contribution >= 0.6 is 0 Å². The Labute approximate surface area is 121 Å². The molecule has 0 spiro atoms. The van der Waals surface area contributed by atoms with E-state index in [0.29, 0.717) is 17.6 Å². The van der Waals surface area contributed by atoms with E-state index in [1.165, 1.54) is 0 Å². The first-order valence-electron chi connectivity index (χ1n) is 6.81. The summed E-state index contributed by atoms with van der Waals surface area (Å²) in [6.07, 6.45) is 4.10. The summed E-state index contributed by atoms with van der Waals surface area (Å²) in [5.41, 5.74) is 0.932. The van der Waals surface area contributed by atoms with Gasteiger partial charge >= 0.3 is 0 Å². The number of hydrogen-bond acceptors (Lipinski definition) is 5. The van der Waals surface area contributed by atoms with Gasteiger partial charge in [0, 0.05) is 20.1 Å². The van der Waals surface area contributed by atoms with E-state index in [2.05, 4.69) is 20.2 Å². The number of fused-ring (bicyclic) bond motifs is 1. The molecule has 0 atom stereocenters. The number of aryl methyl sites for hydroxylation is 5. The van der Waals surface area contributed by atoms with E-state index in [0.717, 1.165) is 24.6 Å². The second-order valence-corrected chi connectivity index (χ2v) is 5.06.